The highest BCUT2D eigenvalue weighted by Gasteiger charge is 2.06. The van der Waals surface area contributed by atoms with Crippen LogP contribution in [0.2, 0.25) is 0 Å². The van der Waals surface area contributed by atoms with Gasteiger partial charge >= 0.3 is 0 Å². The first-order valence-electron chi connectivity index (χ1n) is 9.66. The van der Waals surface area contributed by atoms with Gasteiger partial charge in [0.2, 0.25) is 11.9 Å². The first-order valence-corrected chi connectivity index (χ1v) is 9.66. The molecule has 0 spiro atoms. The number of likely N-dealkylation sites (N-methyl/N-ethyl adjacent to an activating group) is 1. The van der Waals surface area contributed by atoms with Crippen LogP contribution in [0.1, 0.15) is 31.7 Å². The summed E-state index contributed by atoms with van der Waals surface area (Å²) >= 11 is 0. The molecule has 154 valence electrons. The fourth-order valence-corrected chi connectivity index (χ4v) is 2.36. The standard InChI is InChI=1S/C21H27FN6O/c1-3-11-25-20-16(7-4-5-10-19(29)24-13-12-23-2)15-26-21(28-20)27-18-9-6-8-17(22)14-18/h6,8-9,14-15,23H,3,5,10-13H2,1-2H3,(H,24,29)(H2,25,26,27,28). The average molecular weight is 398 g/mol. The van der Waals surface area contributed by atoms with Crippen LogP contribution in [0.5, 0.6) is 0 Å². The van der Waals surface area contributed by atoms with Gasteiger partial charge < -0.3 is 21.3 Å². The van der Waals surface area contributed by atoms with Crippen LogP contribution in [-0.4, -0.2) is 42.6 Å². The summed E-state index contributed by atoms with van der Waals surface area (Å²) in [4.78, 5) is 20.4. The molecule has 0 aliphatic heterocycles. The van der Waals surface area contributed by atoms with E-state index in [0.717, 1.165) is 19.5 Å². The van der Waals surface area contributed by atoms with Crippen molar-refractivity contribution in [1.29, 1.82) is 0 Å². The van der Waals surface area contributed by atoms with Crippen molar-refractivity contribution < 1.29 is 9.18 Å². The van der Waals surface area contributed by atoms with Crippen molar-refractivity contribution in [3.8, 4) is 11.8 Å². The van der Waals surface area contributed by atoms with Crippen molar-refractivity contribution in [2.75, 3.05) is 37.3 Å². The maximum absolute atomic E-state index is 13.4. The number of carbonyl (C=O) groups excluding carboxylic acids is 1. The predicted octanol–water partition coefficient (Wildman–Crippen LogP) is 2.65. The Kier molecular flexibility index (Phi) is 9.39. The van der Waals surface area contributed by atoms with E-state index < -0.39 is 0 Å². The fraction of sp³-hybridized carbons (Fsp3) is 0.381. The van der Waals surface area contributed by atoms with Gasteiger partial charge in [-0.05, 0) is 31.7 Å². The van der Waals surface area contributed by atoms with Crippen LogP contribution in [0.3, 0.4) is 0 Å². The number of nitrogens with zero attached hydrogens (tertiary/aromatic N) is 2. The maximum Gasteiger partial charge on any atom is 0.229 e. The predicted molar refractivity (Wildman–Crippen MR) is 114 cm³/mol. The van der Waals surface area contributed by atoms with Crippen LogP contribution in [0.4, 0.5) is 21.8 Å². The van der Waals surface area contributed by atoms with Crippen molar-refractivity contribution >= 4 is 23.4 Å². The van der Waals surface area contributed by atoms with E-state index in [1.54, 1.807) is 18.3 Å². The topological polar surface area (TPSA) is 91.0 Å². The molecular formula is C21H27FN6O. The van der Waals surface area contributed by atoms with Crippen LogP contribution < -0.4 is 21.3 Å². The van der Waals surface area contributed by atoms with Gasteiger partial charge in [-0.25, -0.2) is 9.37 Å². The molecule has 0 saturated heterocycles. The molecule has 7 nitrogen and oxygen atoms in total. The number of hydrogen-bond acceptors (Lipinski definition) is 6. The first-order chi connectivity index (χ1) is 14.1. The van der Waals surface area contributed by atoms with Crippen LogP contribution in [0.25, 0.3) is 0 Å². The van der Waals surface area contributed by atoms with Crippen LogP contribution in [0, 0.1) is 17.7 Å². The van der Waals surface area contributed by atoms with Gasteiger partial charge in [0.1, 0.15) is 11.6 Å². The van der Waals surface area contributed by atoms with Gasteiger partial charge in [0.25, 0.3) is 0 Å². The summed E-state index contributed by atoms with van der Waals surface area (Å²) in [5, 5.41) is 12.0. The van der Waals surface area contributed by atoms with Crippen molar-refractivity contribution in [3.63, 3.8) is 0 Å². The van der Waals surface area contributed by atoms with Gasteiger partial charge in [-0.2, -0.15) is 4.98 Å². The summed E-state index contributed by atoms with van der Waals surface area (Å²) in [7, 11) is 1.84. The van der Waals surface area contributed by atoms with Crippen LogP contribution in [-0.2, 0) is 4.79 Å². The van der Waals surface area contributed by atoms with Gasteiger partial charge in [-0.15, -0.1) is 0 Å². The molecule has 8 heteroatoms. The highest BCUT2D eigenvalue weighted by molar-refractivity contribution is 5.76. The minimum atomic E-state index is -0.336. The van der Waals surface area contributed by atoms with E-state index in [2.05, 4.69) is 50.0 Å². The number of benzene rings is 1. The minimum Gasteiger partial charge on any atom is -0.369 e. The quantitative estimate of drug-likeness (QED) is 0.363. The Morgan fingerprint density at radius 2 is 2.10 bits per heavy atom. The maximum atomic E-state index is 13.4. The second-order valence-electron chi connectivity index (χ2n) is 6.27. The summed E-state index contributed by atoms with van der Waals surface area (Å²) in [6.07, 6.45) is 3.33. The number of amides is 1. The molecule has 0 aliphatic rings. The lowest BCUT2D eigenvalue weighted by Crippen LogP contribution is -2.30. The highest BCUT2D eigenvalue weighted by atomic mass is 19.1. The number of rotatable bonds is 10. The zero-order valence-electron chi connectivity index (χ0n) is 16.8. The molecule has 0 radical (unpaired) electrons. The molecule has 1 heterocycles. The molecule has 4 N–H and O–H groups in total. The van der Waals surface area contributed by atoms with E-state index >= 15 is 0 Å². The SMILES string of the molecule is CCCNc1nc(Nc2cccc(F)c2)ncc1C#CCCC(=O)NCCNC. The number of carbonyl (C=O) groups is 1. The molecule has 0 aliphatic carbocycles. The van der Waals surface area contributed by atoms with Gasteiger partial charge in [-0.3, -0.25) is 4.79 Å². The zero-order chi connectivity index (χ0) is 20.9. The third kappa shape index (κ3) is 8.15. The monoisotopic (exact) mass is 398 g/mol. The number of aromatic nitrogens is 2. The summed E-state index contributed by atoms with van der Waals surface area (Å²) < 4.78 is 13.4. The Morgan fingerprint density at radius 3 is 2.86 bits per heavy atom. The molecule has 29 heavy (non-hydrogen) atoms. The Hall–Kier alpha value is -3.18. The fourth-order valence-electron chi connectivity index (χ4n) is 2.36. The van der Waals surface area contributed by atoms with Gasteiger partial charge in [0, 0.05) is 38.2 Å². The molecule has 1 amide bonds. The Morgan fingerprint density at radius 1 is 1.24 bits per heavy atom. The van der Waals surface area contributed by atoms with Gasteiger partial charge in [0.15, 0.2) is 0 Å². The minimum absolute atomic E-state index is 0.0234. The second kappa shape index (κ2) is 12.3. The molecule has 0 unspecified atom stereocenters. The molecule has 0 atom stereocenters. The first kappa shape index (κ1) is 22.1. The van der Waals surface area contributed by atoms with E-state index in [-0.39, 0.29) is 11.7 Å². The summed E-state index contributed by atoms with van der Waals surface area (Å²) in [5.41, 5.74) is 1.22. The summed E-state index contributed by atoms with van der Waals surface area (Å²) in [5.74, 6) is 6.62. The number of nitrogens with one attached hydrogen (secondary N) is 4. The Labute approximate surface area is 170 Å². The average Bonchev–Trinajstić information content (AvgIpc) is 2.71. The van der Waals surface area contributed by atoms with E-state index in [4.69, 9.17) is 0 Å². The molecule has 2 rings (SSSR count). The molecule has 2 aromatic rings. The van der Waals surface area contributed by atoms with Crippen molar-refractivity contribution in [2.45, 2.75) is 26.2 Å². The van der Waals surface area contributed by atoms with E-state index in [1.807, 2.05) is 7.05 Å². The van der Waals surface area contributed by atoms with E-state index in [1.165, 1.54) is 12.1 Å². The Bertz CT molecular complexity index is 862. The summed E-state index contributed by atoms with van der Waals surface area (Å²) in [6, 6.07) is 6.10. The lowest BCUT2D eigenvalue weighted by Gasteiger charge is -2.10. The van der Waals surface area contributed by atoms with Gasteiger partial charge in [0.05, 0.1) is 11.8 Å². The number of anilines is 3. The molecule has 0 fully saturated rings. The second-order valence-corrected chi connectivity index (χ2v) is 6.27. The lowest BCUT2D eigenvalue weighted by atomic mass is 10.2. The zero-order valence-corrected chi connectivity index (χ0v) is 16.8. The van der Waals surface area contributed by atoms with Crippen LogP contribution in [0.15, 0.2) is 30.5 Å². The lowest BCUT2D eigenvalue weighted by molar-refractivity contribution is -0.120. The molecule has 1 aromatic heterocycles. The van der Waals surface area contributed by atoms with Gasteiger partial charge in [-0.1, -0.05) is 24.8 Å². The smallest absolute Gasteiger partial charge is 0.229 e. The largest absolute Gasteiger partial charge is 0.369 e. The third-order valence-corrected chi connectivity index (χ3v) is 3.81. The van der Waals surface area contributed by atoms with E-state index in [9.17, 15) is 9.18 Å². The van der Waals surface area contributed by atoms with Crippen molar-refractivity contribution in [3.05, 3.63) is 41.8 Å². The third-order valence-electron chi connectivity index (χ3n) is 3.81. The van der Waals surface area contributed by atoms with Crippen molar-refractivity contribution in [1.82, 2.24) is 20.6 Å². The number of halogens is 1. The molecule has 0 saturated carbocycles. The Balaban J connectivity index is 2.02. The van der Waals surface area contributed by atoms with Crippen molar-refractivity contribution in [2.24, 2.45) is 0 Å². The molecule has 1 aromatic carbocycles. The van der Waals surface area contributed by atoms with E-state index in [0.29, 0.717) is 42.4 Å². The van der Waals surface area contributed by atoms with Crippen LogP contribution >= 0.6 is 0 Å². The molecule has 0 bridgehead atoms. The molecular weight excluding hydrogens is 371 g/mol. The number of hydrogen-bond donors (Lipinski definition) is 4. The highest BCUT2D eigenvalue weighted by Crippen LogP contribution is 2.18. The summed E-state index contributed by atoms with van der Waals surface area (Å²) in [6.45, 7) is 4.12. The normalized spacial score (nSPS) is 10.0.